The Balaban J connectivity index is 2.36. The van der Waals surface area contributed by atoms with Gasteiger partial charge in [-0.15, -0.1) is 0 Å². The van der Waals surface area contributed by atoms with Gasteiger partial charge in [0.05, 0.1) is 11.9 Å². The Hall–Kier alpha value is -2.46. The Labute approximate surface area is 184 Å². The molecular weight excluding hydrogens is 477 g/mol. The summed E-state index contributed by atoms with van der Waals surface area (Å²) in [5, 5.41) is 2.49. The highest BCUT2D eigenvalue weighted by molar-refractivity contribution is 9.10. The first-order chi connectivity index (χ1) is 14.0. The molecule has 0 unspecified atom stereocenters. The maximum atomic E-state index is 13.2. The molecule has 0 bridgehead atoms. The molecule has 0 radical (unpaired) electrons. The van der Waals surface area contributed by atoms with Crippen molar-refractivity contribution in [1.82, 2.24) is 10.2 Å². The van der Waals surface area contributed by atoms with E-state index in [-0.39, 0.29) is 6.54 Å². The zero-order chi connectivity index (χ0) is 22.5. The molecule has 30 heavy (non-hydrogen) atoms. The molecule has 1 atom stereocenters. The summed E-state index contributed by atoms with van der Waals surface area (Å²) in [5.74, 6) is -1.39. The van der Waals surface area contributed by atoms with Gasteiger partial charge < -0.3 is 10.2 Å². The van der Waals surface area contributed by atoms with Crippen LogP contribution in [0.5, 0.6) is 0 Å². The van der Waals surface area contributed by atoms with Gasteiger partial charge in [-0.25, -0.2) is 12.8 Å². The molecule has 162 valence electrons. The van der Waals surface area contributed by atoms with E-state index in [0.717, 1.165) is 10.6 Å². The second-order valence-corrected chi connectivity index (χ2v) is 9.51. The van der Waals surface area contributed by atoms with Crippen molar-refractivity contribution < 1.29 is 22.4 Å². The van der Waals surface area contributed by atoms with Crippen LogP contribution in [0.4, 0.5) is 10.1 Å². The van der Waals surface area contributed by atoms with Gasteiger partial charge in [0.25, 0.3) is 0 Å². The molecule has 10 heteroatoms. The van der Waals surface area contributed by atoms with E-state index in [2.05, 4.69) is 21.2 Å². The molecule has 2 aromatic rings. The summed E-state index contributed by atoms with van der Waals surface area (Å²) in [4.78, 5) is 26.6. The van der Waals surface area contributed by atoms with E-state index in [1.54, 1.807) is 31.2 Å². The Morgan fingerprint density at radius 3 is 2.33 bits per heavy atom. The molecule has 7 nitrogen and oxygen atoms in total. The number of halogens is 2. The number of carbonyl (C=O) groups is 2. The predicted octanol–water partition coefficient (Wildman–Crippen LogP) is 2.52. The number of nitrogens with zero attached hydrogens (tertiary/aromatic N) is 2. The Morgan fingerprint density at radius 2 is 1.80 bits per heavy atom. The third-order valence-corrected chi connectivity index (χ3v) is 6.09. The average Bonchev–Trinajstić information content (AvgIpc) is 2.69. The lowest BCUT2D eigenvalue weighted by Gasteiger charge is -2.31. The lowest BCUT2D eigenvalue weighted by molar-refractivity contribution is -0.139. The number of likely N-dealkylation sites (N-methyl/N-ethyl adjacent to an activating group) is 1. The molecule has 0 saturated carbocycles. The zero-order valence-electron chi connectivity index (χ0n) is 16.8. The van der Waals surface area contributed by atoms with Gasteiger partial charge in [0.15, 0.2) is 0 Å². The van der Waals surface area contributed by atoms with E-state index in [0.29, 0.717) is 15.7 Å². The summed E-state index contributed by atoms with van der Waals surface area (Å²) in [6.45, 7) is 1.08. The summed E-state index contributed by atoms with van der Waals surface area (Å²) in [6, 6.07) is 11.2. The fraction of sp³-hybridized carbons (Fsp3) is 0.300. The van der Waals surface area contributed by atoms with E-state index < -0.39 is 40.2 Å². The van der Waals surface area contributed by atoms with Crippen molar-refractivity contribution in [2.24, 2.45) is 0 Å². The molecule has 0 spiro atoms. The molecule has 1 N–H and O–H groups in total. The van der Waals surface area contributed by atoms with Crippen LogP contribution in [0.25, 0.3) is 0 Å². The number of anilines is 1. The van der Waals surface area contributed by atoms with Crippen LogP contribution in [0.1, 0.15) is 12.5 Å². The molecule has 2 amide bonds. The van der Waals surface area contributed by atoms with Crippen LogP contribution in [0.2, 0.25) is 0 Å². The molecule has 0 fully saturated rings. The minimum Gasteiger partial charge on any atom is -0.357 e. The molecule has 0 heterocycles. The first-order valence-electron chi connectivity index (χ1n) is 9.01. The highest BCUT2D eigenvalue weighted by Gasteiger charge is 2.29. The first kappa shape index (κ1) is 23.8. The number of hydrogen-bond donors (Lipinski definition) is 1. The highest BCUT2D eigenvalue weighted by Crippen LogP contribution is 2.23. The number of nitrogens with one attached hydrogen (secondary N) is 1. The SMILES string of the molecule is CNC(=O)[C@@H](C)N(Cc1ccc(F)cc1)C(=O)CN(c1cccc(Br)c1)S(C)(=O)=O. The van der Waals surface area contributed by atoms with Gasteiger partial charge in [-0.3, -0.25) is 13.9 Å². The Kier molecular flexibility index (Phi) is 7.96. The van der Waals surface area contributed by atoms with Crippen LogP contribution in [-0.2, 0) is 26.2 Å². The first-order valence-corrected chi connectivity index (χ1v) is 11.7. The maximum absolute atomic E-state index is 13.2. The molecule has 0 saturated heterocycles. The van der Waals surface area contributed by atoms with Gasteiger partial charge in [0.1, 0.15) is 18.4 Å². The number of sulfonamides is 1. The summed E-state index contributed by atoms with van der Waals surface area (Å²) in [5.41, 5.74) is 0.920. The van der Waals surface area contributed by atoms with Gasteiger partial charge in [-0.2, -0.15) is 0 Å². The van der Waals surface area contributed by atoms with Crippen molar-refractivity contribution in [1.29, 1.82) is 0 Å². The summed E-state index contributed by atoms with van der Waals surface area (Å²) in [6.07, 6.45) is 1.01. The van der Waals surface area contributed by atoms with E-state index in [1.807, 2.05) is 0 Å². The number of carbonyl (C=O) groups excluding carboxylic acids is 2. The van der Waals surface area contributed by atoms with E-state index >= 15 is 0 Å². The van der Waals surface area contributed by atoms with Crippen molar-refractivity contribution in [2.45, 2.75) is 19.5 Å². The minimum atomic E-state index is -3.78. The number of hydrogen-bond acceptors (Lipinski definition) is 4. The normalized spacial score (nSPS) is 12.2. The number of rotatable bonds is 8. The van der Waals surface area contributed by atoms with Crippen LogP contribution in [-0.4, -0.2) is 51.0 Å². The summed E-state index contributed by atoms with van der Waals surface area (Å²) >= 11 is 3.29. The summed E-state index contributed by atoms with van der Waals surface area (Å²) < 4.78 is 39.6. The second-order valence-electron chi connectivity index (χ2n) is 6.69. The van der Waals surface area contributed by atoms with Gasteiger partial charge in [0, 0.05) is 18.1 Å². The Morgan fingerprint density at radius 1 is 1.17 bits per heavy atom. The zero-order valence-corrected chi connectivity index (χ0v) is 19.2. The third-order valence-electron chi connectivity index (χ3n) is 4.46. The fourth-order valence-corrected chi connectivity index (χ4v) is 4.05. The van der Waals surface area contributed by atoms with E-state index in [4.69, 9.17) is 0 Å². The fourth-order valence-electron chi connectivity index (χ4n) is 2.82. The standard InChI is InChI=1S/C20H23BrFN3O4S/c1-14(20(27)23-2)24(12-15-7-9-17(22)10-8-15)19(26)13-25(30(3,28)29)18-6-4-5-16(21)11-18/h4-11,14H,12-13H2,1-3H3,(H,23,27)/t14-/m1/s1. The third kappa shape index (κ3) is 6.27. The Bertz CT molecular complexity index is 1010. The summed E-state index contributed by atoms with van der Waals surface area (Å²) in [7, 11) is -2.33. The second kappa shape index (κ2) is 10.0. The molecule has 0 aliphatic rings. The van der Waals surface area contributed by atoms with Crippen molar-refractivity contribution in [3.63, 3.8) is 0 Å². The van der Waals surface area contributed by atoms with Crippen molar-refractivity contribution in [3.05, 3.63) is 64.4 Å². The monoisotopic (exact) mass is 499 g/mol. The van der Waals surface area contributed by atoms with Gasteiger partial charge in [0.2, 0.25) is 21.8 Å². The van der Waals surface area contributed by atoms with Crippen LogP contribution < -0.4 is 9.62 Å². The molecule has 0 aromatic heterocycles. The van der Waals surface area contributed by atoms with E-state index in [9.17, 15) is 22.4 Å². The van der Waals surface area contributed by atoms with Crippen LogP contribution in [0, 0.1) is 5.82 Å². The van der Waals surface area contributed by atoms with E-state index in [1.165, 1.54) is 36.2 Å². The van der Waals surface area contributed by atoms with Gasteiger partial charge >= 0.3 is 0 Å². The largest absolute Gasteiger partial charge is 0.357 e. The van der Waals surface area contributed by atoms with Crippen LogP contribution in [0.3, 0.4) is 0 Å². The lowest BCUT2D eigenvalue weighted by Crippen LogP contribution is -2.50. The van der Waals surface area contributed by atoms with Crippen molar-refractivity contribution in [2.75, 3.05) is 24.2 Å². The average molecular weight is 500 g/mol. The predicted molar refractivity (Wildman–Crippen MR) is 117 cm³/mol. The van der Waals surface area contributed by atoms with Gasteiger partial charge in [-0.1, -0.05) is 34.1 Å². The van der Waals surface area contributed by atoms with Crippen LogP contribution >= 0.6 is 15.9 Å². The topological polar surface area (TPSA) is 86.8 Å². The smallest absolute Gasteiger partial charge is 0.244 e. The number of amides is 2. The van der Waals surface area contributed by atoms with Crippen LogP contribution in [0.15, 0.2) is 53.0 Å². The maximum Gasteiger partial charge on any atom is 0.244 e. The molecule has 0 aliphatic carbocycles. The van der Waals surface area contributed by atoms with Gasteiger partial charge in [-0.05, 0) is 42.8 Å². The number of benzene rings is 2. The highest BCUT2D eigenvalue weighted by atomic mass is 79.9. The quantitative estimate of drug-likeness (QED) is 0.604. The van der Waals surface area contributed by atoms with Crippen molar-refractivity contribution in [3.8, 4) is 0 Å². The lowest BCUT2D eigenvalue weighted by atomic mass is 10.1. The van der Waals surface area contributed by atoms with Crippen molar-refractivity contribution >= 4 is 43.5 Å². The molecule has 0 aliphatic heterocycles. The molecular formula is C20H23BrFN3O4S. The molecule has 2 aromatic carbocycles. The minimum absolute atomic E-state index is 0.0176. The molecule has 2 rings (SSSR count).